The lowest BCUT2D eigenvalue weighted by Gasteiger charge is -2.04. The van der Waals surface area contributed by atoms with E-state index in [4.69, 9.17) is 0 Å². The van der Waals surface area contributed by atoms with Gasteiger partial charge in [-0.15, -0.1) is 11.3 Å². The van der Waals surface area contributed by atoms with Crippen LogP contribution in [0.1, 0.15) is 16.0 Å². The van der Waals surface area contributed by atoms with Crippen molar-refractivity contribution in [2.45, 2.75) is 20.4 Å². The maximum absolute atomic E-state index is 12.5. The Morgan fingerprint density at radius 1 is 1.36 bits per heavy atom. The van der Waals surface area contributed by atoms with Crippen molar-refractivity contribution in [2.75, 3.05) is 0 Å². The van der Waals surface area contributed by atoms with Crippen LogP contribution in [0.3, 0.4) is 0 Å². The monoisotopic (exact) mass is 356 g/mol. The van der Waals surface area contributed by atoms with E-state index in [1.54, 1.807) is 12.1 Å². The molecule has 0 fully saturated rings. The first-order valence-electron chi connectivity index (χ1n) is 7.52. The minimum Gasteiger partial charge on any atom is -0.508 e. The predicted molar refractivity (Wildman–Crippen MR) is 97.2 cm³/mol. The highest BCUT2D eigenvalue weighted by Gasteiger charge is 2.13. The number of amides is 1. The van der Waals surface area contributed by atoms with Gasteiger partial charge in [-0.3, -0.25) is 14.2 Å². The lowest BCUT2D eigenvalue weighted by Crippen LogP contribution is -2.30. The highest BCUT2D eigenvalue weighted by atomic mass is 32.1. The molecular formula is C17H16N4O3S. The van der Waals surface area contributed by atoms with Crippen molar-refractivity contribution in [1.82, 2.24) is 15.0 Å². The highest BCUT2D eigenvalue weighted by molar-refractivity contribution is 7.18. The number of hydrazone groups is 1. The van der Waals surface area contributed by atoms with E-state index in [-0.39, 0.29) is 17.9 Å². The molecule has 0 aliphatic rings. The number of fused-ring (bicyclic) bond motifs is 1. The number of rotatable bonds is 4. The molecule has 0 radical (unpaired) electrons. The average molecular weight is 356 g/mol. The van der Waals surface area contributed by atoms with Crippen LogP contribution >= 0.6 is 11.3 Å². The molecule has 2 aromatic heterocycles. The second-order valence-electron chi connectivity index (χ2n) is 5.53. The van der Waals surface area contributed by atoms with E-state index < -0.39 is 5.91 Å². The minimum atomic E-state index is -0.428. The Hall–Kier alpha value is -3.00. The SMILES string of the molecule is Cc1sc2ncn(CC(=O)N/N=C\c3ccc(O)cc3)c(=O)c2c1C. The van der Waals surface area contributed by atoms with Gasteiger partial charge in [0.2, 0.25) is 0 Å². The van der Waals surface area contributed by atoms with Crippen LogP contribution in [0, 0.1) is 13.8 Å². The number of carbonyl (C=O) groups excluding carboxylic acids is 1. The summed E-state index contributed by atoms with van der Waals surface area (Å²) < 4.78 is 1.27. The van der Waals surface area contributed by atoms with Crippen LogP contribution < -0.4 is 11.0 Å². The molecule has 7 nitrogen and oxygen atoms in total. The molecule has 3 aromatic rings. The number of phenolic OH excluding ortho intramolecular Hbond substituents is 1. The van der Waals surface area contributed by atoms with Gasteiger partial charge in [-0.05, 0) is 49.2 Å². The number of phenols is 1. The molecule has 0 aliphatic carbocycles. The number of benzene rings is 1. The van der Waals surface area contributed by atoms with Crippen LogP contribution in [0.2, 0.25) is 0 Å². The van der Waals surface area contributed by atoms with Crippen molar-refractivity contribution in [1.29, 1.82) is 0 Å². The van der Waals surface area contributed by atoms with Gasteiger partial charge >= 0.3 is 0 Å². The van der Waals surface area contributed by atoms with Crippen LogP contribution in [0.5, 0.6) is 5.75 Å². The van der Waals surface area contributed by atoms with Crippen LogP contribution in [0.25, 0.3) is 10.2 Å². The number of aromatic nitrogens is 2. The molecule has 128 valence electrons. The molecule has 2 heterocycles. The second-order valence-corrected chi connectivity index (χ2v) is 6.73. The van der Waals surface area contributed by atoms with Gasteiger partial charge in [0.25, 0.3) is 11.5 Å². The number of nitrogens with one attached hydrogen (secondary N) is 1. The molecule has 0 spiro atoms. The van der Waals surface area contributed by atoms with Crippen LogP contribution in [0.15, 0.2) is 40.5 Å². The molecule has 3 rings (SSSR count). The van der Waals surface area contributed by atoms with E-state index >= 15 is 0 Å². The van der Waals surface area contributed by atoms with Crippen molar-refractivity contribution in [2.24, 2.45) is 5.10 Å². The molecule has 1 amide bonds. The molecule has 2 N–H and O–H groups in total. The molecule has 8 heteroatoms. The molecular weight excluding hydrogens is 340 g/mol. The summed E-state index contributed by atoms with van der Waals surface area (Å²) in [6.07, 6.45) is 2.83. The van der Waals surface area contributed by atoms with Gasteiger partial charge in [0, 0.05) is 4.88 Å². The van der Waals surface area contributed by atoms with E-state index in [0.29, 0.717) is 10.2 Å². The van der Waals surface area contributed by atoms with Gasteiger partial charge in [-0.2, -0.15) is 5.10 Å². The summed E-state index contributed by atoms with van der Waals surface area (Å²) in [5.41, 5.74) is 3.77. The zero-order valence-corrected chi connectivity index (χ0v) is 14.5. The molecule has 0 atom stereocenters. The smallest absolute Gasteiger partial charge is 0.262 e. The molecule has 0 unspecified atom stereocenters. The summed E-state index contributed by atoms with van der Waals surface area (Å²) in [7, 11) is 0. The van der Waals surface area contributed by atoms with Crippen molar-refractivity contribution < 1.29 is 9.90 Å². The zero-order valence-electron chi connectivity index (χ0n) is 13.7. The number of aromatic hydroxyl groups is 1. The summed E-state index contributed by atoms with van der Waals surface area (Å²) in [6, 6.07) is 6.37. The first-order valence-corrected chi connectivity index (χ1v) is 8.33. The number of nitrogens with zero attached hydrogens (tertiary/aromatic N) is 3. The number of hydrogen-bond donors (Lipinski definition) is 2. The summed E-state index contributed by atoms with van der Waals surface area (Å²) in [5.74, 6) is -0.273. The second kappa shape index (κ2) is 6.86. The van der Waals surface area contributed by atoms with Crippen LogP contribution in [-0.4, -0.2) is 26.8 Å². The molecule has 0 aliphatic heterocycles. The lowest BCUT2D eigenvalue weighted by molar-refractivity contribution is -0.121. The molecule has 0 saturated carbocycles. The highest BCUT2D eigenvalue weighted by Crippen LogP contribution is 2.25. The van der Waals surface area contributed by atoms with E-state index in [1.807, 2.05) is 13.8 Å². The first-order chi connectivity index (χ1) is 12.0. The molecule has 25 heavy (non-hydrogen) atoms. The van der Waals surface area contributed by atoms with Gasteiger partial charge in [0.1, 0.15) is 17.1 Å². The Morgan fingerprint density at radius 3 is 2.80 bits per heavy atom. The maximum Gasteiger partial charge on any atom is 0.262 e. The molecule has 1 aromatic carbocycles. The van der Waals surface area contributed by atoms with Gasteiger partial charge in [-0.25, -0.2) is 10.4 Å². The van der Waals surface area contributed by atoms with Crippen LogP contribution in [0.4, 0.5) is 0 Å². The number of thiophene rings is 1. The van der Waals surface area contributed by atoms with Crippen molar-refractivity contribution >= 4 is 33.7 Å². The predicted octanol–water partition coefficient (Wildman–Crippen LogP) is 1.93. The van der Waals surface area contributed by atoms with E-state index in [1.165, 1.54) is 40.6 Å². The summed E-state index contributed by atoms with van der Waals surface area (Å²) in [6.45, 7) is 3.66. The van der Waals surface area contributed by atoms with Gasteiger partial charge in [0.05, 0.1) is 17.9 Å². The van der Waals surface area contributed by atoms with Crippen molar-refractivity contribution in [3.05, 3.63) is 57.0 Å². The average Bonchev–Trinajstić information content (AvgIpc) is 2.87. The van der Waals surface area contributed by atoms with Crippen LogP contribution in [-0.2, 0) is 11.3 Å². The van der Waals surface area contributed by atoms with Gasteiger partial charge in [0.15, 0.2) is 0 Å². The number of hydrogen-bond acceptors (Lipinski definition) is 6. The standard InChI is InChI=1S/C17H16N4O3S/c1-10-11(2)25-16-15(10)17(24)21(9-18-16)8-14(23)20-19-7-12-3-5-13(22)6-4-12/h3-7,9,22H,8H2,1-2H3,(H,20,23)/b19-7-. The summed E-state index contributed by atoms with van der Waals surface area (Å²) in [4.78, 5) is 30.5. The fourth-order valence-corrected chi connectivity index (χ4v) is 3.30. The zero-order chi connectivity index (χ0) is 18.0. The first kappa shape index (κ1) is 16.8. The van der Waals surface area contributed by atoms with E-state index in [0.717, 1.165) is 16.0 Å². The Morgan fingerprint density at radius 2 is 2.08 bits per heavy atom. The third-order valence-electron chi connectivity index (χ3n) is 3.77. The summed E-state index contributed by atoms with van der Waals surface area (Å²) in [5, 5.41) is 13.6. The minimum absolute atomic E-state index is 0.155. The molecule has 0 bridgehead atoms. The fourth-order valence-electron chi connectivity index (χ4n) is 2.31. The Labute approximate surface area is 147 Å². The van der Waals surface area contributed by atoms with E-state index in [2.05, 4.69) is 15.5 Å². The Bertz CT molecular complexity index is 1020. The van der Waals surface area contributed by atoms with Crippen molar-refractivity contribution in [3.8, 4) is 5.75 Å². The third-order valence-corrected chi connectivity index (χ3v) is 4.88. The normalized spacial score (nSPS) is 11.3. The largest absolute Gasteiger partial charge is 0.508 e. The fraction of sp³-hybridized carbons (Fsp3) is 0.176. The van der Waals surface area contributed by atoms with Gasteiger partial charge in [-0.1, -0.05) is 0 Å². The number of carbonyl (C=O) groups is 1. The Balaban J connectivity index is 1.71. The maximum atomic E-state index is 12.5. The lowest BCUT2D eigenvalue weighted by atomic mass is 10.2. The third kappa shape index (κ3) is 3.58. The number of aryl methyl sites for hydroxylation is 2. The topological polar surface area (TPSA) is 96.6 Å². The Kier molecular flexibility index (Phi) is 4.62. The van der Waals surface area contributed by atoms with Gasteiger partial charge < -0.3 is 5.11 Å². The van der Waals surface area contributed by atoms with E-state index in [9.17, 15) is 14.7 Å². The van der Waals surface area contributed by atoms with Crippen molar-refractivity contribution in [3.63, 3.8) is 0 Å². The quantitative estimate of drug-likeness (QED) is 0.551. The summed E-state index contributed by atoms with van der Waals surface area (Å²) >= 11 is 1.47. The molecule has 0 saturated heterocycles.